The van der Waals surface area contributed by atoms with E-state index in [4.69, 9.17) is 5.11 Å². The highest BCUT2D eigenvalue weighted by Gasteiger charge is 2.45. The van der Waals surface area contributed by atoms with Crippen molar-refractivity contribution in [3.8, 4) is 0 Å². The molecule has 22 heavy (non-hydrogen) atoms. The number of nitrogens with one attached hydrogen (secondary N) is 1. The second kappa shape index (κ2) is 5.77. The summed E-state index contributed by atoms with van der Waals surface area (Å²) < 4.78 is 37.0. The Labute approximate surface area is 124 Å². The lowest BCUT2D eigenvalue weighted by atomic mass is 9.74. The minimum Gasteiger partial charge on any atom is -0.481 e. The summed E-state index contributed by atoms with van der Waals surface area (Å²) in [6.45, 7) is -1.65. The Morgan fingerprint density at radius 1 is 1.36 bits per heavy atom. The van der Waals surface area contributed by atoms with Crippen molar-refractivity contribution in [2.75, 3.05) is 13.1 Å². The number of carboxylic acids is 1. The second-order valence-corrected chi connectivity index (χ2v) is 5.98. The molecule has 1 saturated carbocycles. The van der Waals surface area contributed by atoms with E-state index < -0.39 is 42.0 Å². The first kappa shape index (κ1) is 16.6. The third-order valence-electron chi connectivity index (χ3n) is 4.14. The highest BCUT2D eigenvalue weighted by Crippen LogP contribution is 2.35. The van der Waals surface area contributed by atoms with Crippen LogP contribution < -0.4 is 5.32 Å². The zero-order chi connectivity index (χ0) is 16.5. The predicted octanol–water partition coefficient (Wildman–Crippen LogP) is 0.911. The molecule has 1 saturated heterocycles. The molecule has 1 heterocycles. The van der Waals surface area contributed by atoms with Crippen LogP contribution in [0.5, 0.6) is 0 Å². The van der Waals surface area contributed by atoms with Gasteiger partial charge in [0.25, 0.3) is 0 Å². The van der Waals surface area contributed by atoms with E-state index in [1.54, 1.807) is 0 Å². The lowest BCUT2D eigenvalue weighted by Gasteiger charge is -2.42. The number of carboxylic acid groups (broad SMARTS) is 1. The Kier molecular flexibility index (Phi) is 4.35. The summed E-state index contributed by atoms with van der Waals surface area (Å²) in [6, 6.07) is 0. The lowest BCUT2D eigenvalue weighted by molar-refractivity contribution is -0.157. The van der Waals surface area contributed by atoms with Crippen molar-refractivity contribution >= 4 is 17.8 Å². The minimum atomic E-state index is -4.50. The van der Waals surface area contributed by atoms with E-state index in [0.29, 0.717) is 17.7 Å². The first-order chi connectivity index (χ1) is 10.1. The van der Waals surface area contributed by atoms with Crippen LogP contribution in [0.25, 0.3) is 0 Å². The Hall–Kier alpha value is -1.80. The number of amides is 2. The topological polar surface area (TPSA) is 86.7 Å². The summed E-state index contributed by atoms with van der Waals surface area (Å²) in [4.78, 5) is 35.1. The summed E-state index contributed by atoms with van der Waals surface area (Å²) in [5.41, 5.74) is -0.816. The van der Waals surface area contributed by atoms with Crippen LogP contribution in [0.4, 0.5) is 13.2 Å². The summed E-state index contributed by atoms with van der Waals surface area (Å²) in [5, 5.41) is 11.5. The molecule has 9 heteroatoms. The molecule has 2 aliphatic rings. The van der Waals surface area contributed by atoms with Gasteiger partial charge in [0.1, 0.15) is 6.54 Å². The van der Waals surface area contributed by atoms with Crippen LogP contribution in [0.2, 0.25) is 0 Å². The van der Waals surface area contributed by atoms with Gasteiger partial charge in [0.2, 0.25) is 11.8 Å². The van der Waals surface area contributed by atoms with E-state index in [1.807, 2.05) is 0 Å². The first-order valence-electron chi connectivity index (χ1n) is 6.99. The van der Waals surface area contributed by atoms with E-state index in [-0.39, 0.29) is 19.4 Å². The maximum absolute atomic E-state index is 12.3. The average Bonchev–Trinajstić information content (AvgIpc) is 2.65. The fourth-order valence-electron chi connectivity index (χ4n) is 2.92. The predicted molar refractivity (Wildman–Crippen MR) is 67.7 cm³/mol. The van der Waals surface area contributed by atoms with Gasteiger partial charge < -0.3 is 15.3 Å². The molecule has 1 aliphatic heterocycles. The van der Waals surface area contributed by atoms with Crippen LogP contribution >= 0.6 is 0 Å². The number of aliphatic carboxylic acids is 1. The van der Waals surface area contributed by atoms with Gasteiger partial charge in [0, 0.05) is 13.0 Å². The van der Waals surface area contributed by atoms with Crippen LogP contribution in [-0.2, 0) is 14.4 Å². The Morgan fingerprint density at radius 3 is 2.45 bits per heavy atom. The Morgan fingerprint density at radius 2 is 2.00 bits per heavy atom. The number of nitrogens with zero attached hydrogens (tertiary/aromatic N) is 1. The second-order valence-electron chi connectivity index (χ2n) is 5.98. The molecule has 124 valence electrons. The number of likely N-dealkylation sites (tertiary alicyclic amines) is 1. The van der Waals surface area contributed by atoms with Crippen LogP contribution in [0, 0.1) is 5.92 Å². The molecule has 2 N–H and O–H groups in total. The molecule has 0 aromatic carbocycles. The van der Waals surface area contributed by atoms with Crippen LogP contribution in [0.3, 0.4) is 0 Å². The molecule has 2 amide bonds. The maximum atomic E-state index is 12.3. The van der Waals surface area contributed by atoms with E-state index in [0.717, 1.165) is 6.42 Å². The minimum absolute atomic E-state index is 0.217. The van der Waals surface area contributed by atoms with Gasteiger partial charge in [-0.25, -0.2) is 0 Å². The summed E-state index contributed by atoms with van der Waals surface area (Å²) in [7, 11) is 0. The number of halogens is 3. The molecule has 1 aliphatic carbocycles. The summed E-state index contributed by atoms with van der Waals surface area (Å²) >= 11 is 0. The molecular formula is C13H17F3N2O4. The highest BCUT2D eigenvalue weighted by molar-refractivity contribution is 5.90. The van der Waals surface area contributed by atoms with Crippen molar-refractivity contribution in [1.82, 2.24) is 10.2 Å². The Bertz CT molecular complexity index is 488. The molecule has 0 unspecified atom stereocenters. The SMILES string of the molecule is O=C(O)CC1(NC(=O)[C@@H]2CC(=O)N(CC(F)(F)F)C2)CCC1. The number of carbonyl (C=O) groups excluding carboxylic acids is 2. The smallest absolute Gasteiger partial charge is 0.406 e. The zero-order valence-corrected chi connectivity index (χ0v) is 11.8. The zero-order valence-electron chi connectivity index (χ0n) is 11.8. The lowest BCUT2D eigenvalue weighted by Crippen LogP contribution is -2.56. The Balaban J connectivity index is 1.93. The molecule has 0 spiro atoms. The van der Waals surface area contributed by atoms with E-state index in [2.05, 4.69) is 5.32 Å². The van der Waals surface area contributed by atoms with Gasteiger partial charge in [0.05, 0.1) is 17.9 Å². The van der Waals surface area contributed by atoms with Crippen LogP contribution in [0.15, 0.2) is 0 Å². The summed E-state index contributed by atoms with van der Waals surface area (Å²) in [6.07, 6.45) is -3.15. The standard InChI is InChI=1S/C13H17F3N2O4/c14-13(15,16)7-18-6-8(4-9(18)19)11(22)17-12(2-1-3-12)5-10(20)21/h8H,1-7H2,(H,17,22)(H,20,21)/t8-/m1/s1. The fraction of sp³-hybridized carbons (Fsp3) is 0.769. The number of hydrogen-bond acceptors (Lipinski definition) is 3. The molecule has 0 bridgehead atoms. The monoisotopic (exact) mass is 322 g/mol. The van der Waals surface area contributed by atoms with E-state index in [9.17, 15) is 27.6 Å². The van der Waals surface area contributed by atoms with Gasteiger partial charge in [-0.05, 0) is 19.3 Å². The summed E-state index contributed by atoms with van der Waals surface area (Å²) in [5.74, 6) is -3.15. The average molecular weight is 322 g/mol. The van der Waals surface area contributed by atoms with Gasteiger partial charge in [-0.3, -0.25) is 14.4 Å². The maximum Gasteiger partial charge on any atom is 0.406 e. The van der Waals surface area contributed by atoms with Crippen molar-refractivity contribution in [2.45, 2.75) is 43.8 Å². The van der Waals surface area contributed by atoms with E-state index >= 15 is 0 Å². The van der Waals surface area contributed by atoms with Crippen molar-refractivity contribution in [3.63, 3.8) is 0 Å². The number of hydrogen-bond donors (Lipinski definition) is 2. The van der Waals surface area contributed by atoms with Crippen molar-refractivity contribution in [3.05, 3.63) is 0 Å². The third kappa shape index (κ3) is 3.89. The van der Waals surface area contributed by atoms with E-state index in [1.165, 1.54) is 0 Å². The van der Waals surface area contributed by atoms with Gasteiger partial charge >= 0.3 is 12.1 Å². The number of alkyl halides is 3. The number of rotatable bonds is 5. The van der Waals surface area contributed by atoms with Crippen molar-refractivity contribution < 1.29 is 32.7 Å². The largest absolute Gasteiger partial charge is 0.481 e. The normalized spacial score (nSPS) is 24.0. The molecule has 2 rings (SSSR count). The van der Waals surface area contributed by atoms with Crippen LogP contribution in [-0.4, -0.2) is 52.6 Å². The highest BCUT2D eigenvalue weighted by atomic mass is 19.4. The van der Waals surface area contributed by atoms with Gasteiger partial charge in [-0.15, -0.1) is 0 Å². The van der Waals surface area contributed by atoms with Crippen LogP contribution in [0.1, 0.15) is 32.1 Å². The fourth-order valence-corrected chi connectivity index (χ4v) is 2.92. The van der Waals surface area contributed by atoms with Crippen molar-refractivity contribution in [1.29, 1.82) is 0 Å². The van der Waals surface area contributed by atoms with Gasteiger partial charge in [-0.2, -0.15) is 13.2 Å². The molecule has 1 atom stereocenters. The van der Waals surface area contributed by atoms with Gasteiger partial charge in [-0.1, -0.05) is 0 Å². The molecule has 0 aromatic heterocycles. The first-order valence-corrected chi connectivity index (χ1v) is 6.99. The van der Waals surface area contributed by atoms with Gasteiger partial charge in [0.15, 0.2) is 0 Å². The molecule has 0 radical (unpaired) electrons. The number of carbonyl (C=O) groups is 3. The van der Waals surface area contributed by atoms with Crippen molar-refractivity contribution in [2.24, 2.45) is 5.92 Å². The molecular weight excluding hydrogens is 305 g/mol. The molecule has 0 aromatic rings. The quantitative estimate of drug-likeness (QED) is 0.788. The molecule has 2 fully saturated rings. The third-order valence-corrected chi connectivity index (χ3v) is 4.14. The molecule has 6 nitrogen and oxygen atoms in total.